The maximum Gasteiger partial charge on any atom is 0.240 e. The molecular weight excluding hydrogens is 869 g/mol. The van der Waals surface area contributed by atoms with Gasteiger partial charge in [0.1, 0.15) is 0 Å². The van der Waals surface area contributed by atoms with Gasteiger partial charge in [-0.25, -0.2) is 0 Å². The van der Waals surface area contributed by atoms with Crippen molar-refractivity contribution in [2.24, 2.45) is 0 Å². The number of nitrogens with zero attached hydrogens (tertiary/aromatic N) is 6. The van der Waals surface area contributed by atoms with Crippen LogP contribution >= 0.6 is 0 Å². The Kier molecular flexibility index (Phi) is 4.89. The van der Waals surface area contributed by atoms with Gasteiger partial charge in [-0.1, -0.05) is 206 Å². The van der Waals surface area contributed by atoms with Crippen LogP contribution in [0, 0.1) is 0 Å². The van der Waals surface area contributed by atoms with Crippen LogP contribution in [-0.2, 0) is 0 Å². The van der Waals surface area contributed by atoms with E-state index in [1.807, 2.05) is 0 Å². The lowest BCUT2D eigenvalue weighted by atomic mass is 10.1. The molecule has 4 aromatic heterocycles. The fourth-order valence-corrected chi connectivity index (χ4v) is 14.0. The molecule has 0 atom stereocenters. The van der Waals surface area contributed by atoms with Gasteiger partial charge in [-0.3, -0.25) is 9.13 Å². The highest BCUT2D eigenvalue weighted by atomic mass is 28.3. The van der Waals surface area contributed by atoms with Gasteiger partial charge in [-0.15, -0.1) is 0 Å². The Labute approximate surface area is 442 Å². The van der Waals surface area contributed by atoms with Crippen LogP contribution in [0.3, 0.4) is 0 Å². The van der Waals surface area contributed by atoms with E-state index in [4.69, 9.17) is 27.3 Å². The smallest absolute Gasteiger partial charge is 0.240 e. The summed E-state index contributed by atoms with van der Waals surface area (Å²) in [5, 5.41) is -1.31. The Bertz CT molecular complexity index is 5490. The van der Waals surface area contributed by atoms with Crippen molar-refractivity contribution in [1.29, 1.82) is 0 Å². The summed E-state index contributed by atoms with van der Waals surface area (Å²) in [5.41, 5.74) is -5.29. The molecule has 0 saturated carbocycles. The maximum atomic E-state index is 10.9. The van der Waals surface area contributed by atoms with Crippen molar-refractivity contribution in [2.45, 2.75) is 0 Å². The summed E-state index contributed by atoms with van der Waals surface area (Å²) < 4.78 is 257. The molecule has 0 N–H and O–H groups in total. The molecule has 7 heteroatoms. The number of rotatable bonds is 8. The topological polar surface area (TPSA) is 53.5 Å². The van der Waals surface area contributed by atoms with E-state index in [0.717, 1.165) is 13.7 Å². The summed E-state index contributed by atoms with van der Waals surface area (Å²) in [6.45, 7) is 0. The first-order chi connectivity index (χ1) is 46.0. The Morgan fingerprint density at radius 2 is 0.671 bits per heavy atom. The van der Waals surface area contributed by atoms with E-state index in [9.17, 15) is 24.7 Å². The Hall–Kier alpha value is -9.17. The molecule has 10 aromatic carbocycles. The lowest BCUT2D eigenvalue weighted by Gasteiger charge is -2.34. The van der Waals surface area contributed by atoms with Crippen LogP contribution < -0.4 is 20.7 Å². The van der Waals surface area contributed by atoms with Gasteiger partial charge in [0.2, 0.25) is 11.9 Å². The van der Waals surface area contributed by atoms with Gasteiger partial charge in [0.05, 0.1) is 75.8 Å². The number of hydrogen-bond acceptors (Lipinski definition) is 3. The van der Waals surface area contributed by atoms with Gasteiger partial charge < -0.3 is 4.57 Å². The Morgan fingerprint density at radius 1 is 0.314 bits per heavy atom. The zero-order valence-corrected chi connectivity index (χ0v) is 36.8. The van der Waals surface area contributed by atoms with Gasteiger partial charge in [0.25, 0.3) is 0 Å². The third-order valence-electron chi connectivity index (χ3n) is 12.3. The maximum absolute atomic E-state index is 10.9. The highest BCUT2D eigenvalue weighted by Gasteiger charge is 2.41. The molecule has 0 saturated heterocycles. The molecule has 0 aliphatic carbocycles. The van der Waals surface area contributed by atoms with Gasteiger partial charge in [-0.05, 0) is 69.1 Å². The lowest BCUT2D eigenvalue weighted by molar-refractivity contribution is 0.892. The molecule has 70 heavy (non-hydrogen) atoms. The molecule has 0 radical (unpaired) electrons. The van der Waals surface area contributed by atoms with Crippen LogP contribution in [-0.4, -0.2) is 36.7 Å². The molecule has 0 aliphatic rings. The first-order valence-electron chi connectivity index (χ1n) is 35.1. The van der Waals surface area contributed by atoms with Gasteiger partial charge in [0, 0.05) is 37.9 Å². The second-order valence-electron chi connectivity index (χ2n) is 15.9. The van der Waals surface area contributed by atoms with Crippen LogP contribution in [0.4, 0.5) is 0 Å². The monoisotopic (exact) mass is 937 g/mol. The lowest BCUT2D eigenvalue weighted by Crippen LogP contribution is -2.74. The minimum Gasteiger partial charge on any atom is -0.309 e. The zero-order valence-electron chi connectivity index (χ0n) is 62.8. The first-order valence-corrected chi connectivity index (χ1v) is 23.6. The van der Waals surface area contributed by atoms with Crippen molar-refractivity contribution >= 4 is 94.2 Å². The van der Waals surface area contributed by atoms with Crippen molar-refractivity contribution in [1.82, 2.24) is 28.7 Å². The molecule has 0 amide bonds. The van der Waals surface area contributed by atoms with Gasteiger partial charge in [0.15, 0.2) is 13.9 Å². The van der Waals surface area contributed by atoms with Crippen LogP contribution in [0.15, 0.2) is 254 Å². The summed E-state index contributed by atoms with van der Waals surface area (Å²) in [5.74, 6) is -2.84. The zero-order chi connectivity index (χ0) is 69.7. The normalized spacial score (nSPS) is 17.4. The average molecular weight is 938 g/mol. The van der Waals surface area contributed by atoms with E-state index in [0.29, 0.717) is 15.6 Å². The van der Waals surface area contributed by atoms with Crippen LogP contribution in [0.25, 0.3) is 94.4 Å². The number of aromatic nitrogens is 6. The average Bonchev–Trinajstić information content (AvgIpc) is 1.59. The number of para-hydroxylation sites is 6. The summed E-state index contributed by atoms with van der Waals surface area (Å²) >= 11 is 0. The first kappa shape index (κ1) is 21.4. The predicted octanol–water partition coefficient (Wildman–Crippen LogP) is 12.2. The largest absolute Gasteiger partial charge is 0.309 e. The van der Waals surface area contributed by atoms with Crippen LogP contribution in [0.1, 0.15) is 37.0 Å². The van der Waals surface area contributed by atoms with Gasteiger partial charge in [-0.2, -0.15) is 15.0 Å². The van der Waals surface area contributed by atoms with E-state index in [2.05, 4.69) is 0 Å². The molecule has 4 heterocycles. The molecule has 0 unspecified atom stereocenters. The van der Waals surface area contributed by atoms with Crippen molar-refractivity contribution in [3.8, 4) is 29.0 Å². The van der Waals surface area contributed by atoms with Crippen molar-refractivity contribution in [3.63, 3.8) is 0 Å². The fourth-order valence-electron chi connectivity index (χ4n) is 9.46. The van der Waals surface area contributed by atoms with Crippen LogP contribution in [0.5, 0.6) is 0 Å². The summed E-state index contributed by atoms with van der Waals surface area (Å²) in [7, 11) is -4.19. The van der Waals surface area contributed by atoms with E-state index in [1.54, 1.807) is 91.0 Å². The number of fused-ring (bicyclic) bond motifs is 9. The molecule has 0 bridgehead atoms. The molecule has 0 aliphatic heterocycles. The minimum atomic E-state index is -4.19. The standard InChI is InChI=1S/C63H42N6Si/c1-4-22-43(23-5-1)70(44-24-6-2-7-25-44,45-26-8-3-9-27-45)46-40-41-52-51-32-10-16-34-54(51)67(60(52)42-46)59-39-21-15-33-53(59)61-64-62(68-55-35-17-11-28-47(55)48-29-12-18-36-56(48)68)66-63(65-61)69-57-37-19-13-30-49(57)50-31-14-20-38-58(50)69/h1-42H/i10D,11D,12D,13D,14D,15D,16D,17D,18D,19D,20D,21D,28D,29D,30D,31D,32D,33D,34D,35D,36D,37D,38D,39D,40D,41D,42D. The molecule has 14 rings (SSSR count). The van der Waals surface area contributed by atoms with E-state index < -0.39 is 266 Å². The van der Waals surface area contributed by atoms with E-state index in [1.165, 1.54) is 0 Å². The summed E-state index contributed by atoms with van der Waals surface area (Å²) in [4.78, 5) is 14.4. The van der Waals surface area contributed by atoms with Crippen LogP contribution in [0.2, 0.25) is 0 Å². The minimum absolute atomic E-state index is 0.0824. The van der Waals surface area contributed by atoms with Crippen molar-refractivity contribution in [2.75, 3.05) is 0 Å². The third kappa shape index (κ3) is 5.95. The predicted molar refractivity (Wildman–Crippen MR) is 292 cm³/mol. The third-order valence-corrected chi connectivity index (χ3v) is 16.9. The van der Waals surface area contributed by atoms with Crippen molar-refractivity contribution < 1.29 is 37.0 Å². The molecular formula is C63H42N6Si. The second-order valence-corrected chi connectivity index (χ2v) is 19.7. The quantitative estimate of drug-likeness (QED) is 0.113. The fraction of sp³-hybridized carbons (Fsp3) is 0. The van der Waals surface area contributed by atoms with Crippen molar-refractivity contribution in [3.05, 3.63) is 254 Å². The molecule has 0 fully saturated rings. The van der Waals surface area contributed by atoms with E-state index in [-0.39, 0.29) is 5.19 Å². The summed E-state index contributed by atoms with van der Waals surface area (Å²) in [6, 6.07) is 3.34. The molecule has 6 nitrogen and oxygen atoms in total. The van der Waals surface area contributed by atoms with E-state index >= 15 is 0 Å². The SMILES string of the molecule is [2H]c1c([2H])c([2H])c(-n2c3c([2H])c([2H])c([2H])c([2H])c3c3c([2H])c([2H])c([Si](c4ccccc4)(c4ccccc4)c4ccccc4)c([2H])c32)c(-c2nc(-n3c4c([2H])c([2H])c([2H])c([2H])c4c4c([2H])c([2H])c([2H])c([2H])c43)nc(-n3c4c([2H])c([2H])c([2H])c([2H])c4c4c([2H])c([2H])c([2H])c([2H])c43)n2)c1[2H]. The second kappa shape index (κ2) is 16.0. The highest BCUT2D eigenvalue weighted by Crippen LogP contribution is 2.38. The highest BCUT2D eigenvalue weighted by molar-refractivity contribution is 7.20. The molecule has 14 aromatic rings. The summed E-state index contributed by atoms with van der Waals surface area (Å²) in [6.07, 6.45) is 0. The van der Waals surface area contributed by atoms with Gasteiger partial charge >= 0.3 is 0 Å². The number of benzene rings is 10. The molecule has 0 spiro atoms. The Morgan fingerprint density at radius 3 is 1.10 bits per heavy atom. The Balaban J connectivity index is 1.26. The molecule has 328 valence electrons. The number of hydrogen-bond donors (Lipinski definition) is 0.